The molecular formula is C11H21NO3S2. The van der Waals surface area contributed by atoms with E-state index in [1.807, 2.05) is 6.26 Å². The number of thioether (sulfide) groups is 1. The van der Waals surface area contributed by atoms with Crippen molar-refractivity contribution < 1.29 is 14.1 Å². The van der Waals surface area contributed by atoms with Gasteiger partial charge in [-0.2, -0.15) is 11.8 Å². The molecule has 0 rings (SSSR count). The molecule has 0 heterocycles. The van der Waals surface area contributed by atoms with Crippen molar-refractivity contribution in [2.45, 2.75) is 12.5 Å². The number of hydrogen-bond acceptors (Lipinski definition) is 4. The lowest BCUT2D eigenvalue weighted by molar-refractivity contribution is -0.138. The Kier molecular flexibility index (Phi) is 14.9. The van der Waals surface area contributed by atoms with Gasteiger partial charge >= 0.3 is 5.97 Å². The van der Waals surface area contributed by atoms with Crippen LogP contribution in [0.25, 0.3) is 0 Å². The Morgan fingerprint density at radius 2 is 1.94 bits per heavy atom. The third kappa shape index (κ3) is 15.4. The molecule has 0 aromatic carbocycles. The second-order valence-corrected chi connectivity index (χ2v) is 5.61. The van der Waals surface area contributed by atoms with Crippen molar-refractivity contribution in [2.75, 3.05) is 23.5 Å². The second-order valence-electron chi connectivity index (χ2n) is 3.08. The van der Waals surface area contributed by atoms with Crippen LogP contribution in [0.5, 0.6) is 0 Å². The van der Waals surface area contributed by atoms with E-state index in [0.29, 0.717) is 17.9 Å². The summed E-state index contributed by atoms with van der Waals surface area (Å²) in [5.41, 5.74) is 5.19. The lowest BCUT2D eigenvalue weighted by atomic mass is 10.2. The molecule has 0 aliphatic heterocycles. The minimum atomic E-state index is -0.913. The van der Waals surface area contributed by atoms with Gasteiger partial charge in [0.05, 0.1) is 0 Å². The van der Waals surface area contributed by atoms with Gasteiger partial charge in [-0.25, -0.2) is 0 Å². The Labute approximate surface area is 110 Å². The van der Waals surface area contributed by atoms with Gasteiger partial charge in [-0.15, -0.1) is 13.2 Å². The molecule has 0 bridgehead atoms. The lowest BCUT2D eigenvalue weighted by Crippen LogP contribution is -2.30. The molecule has 0 unspecified atom stereocenters. The Hall–Kier alpha value is -0.590. The summed E-state index contributed by atoms with van der Waals surface area (Å²) in [7, 11) is -0.756. The SMILES string of the molecule is C=CCS(=O)CC=C.CSCC[C@H](N)C(=O)O. The molecule has 0 spiro atoms. The molecule has 1 atom stereocenters. The predicted octanol–water partition coefficient (Wildman–Crippen LogP) is 1.26. The van der Waals surface area contributed by atoms with Gasteiger partial charge in [0.25, 0.3) is 0 Å². The van der Waals surface area contributed by atoms with Gasteiger partial charge in [-0.1, -0.05) is 12.2 Å². The highest BCUT2D eigenvalue weighted by Crippen LogP contribution is 1.97. The fourth-order valence-electron chi connectivity index (χ4n) is 0.699. The highest BCUT2D eigenvalue weighted by Gasteiger charge is 2.08. The molecule has 0 saturated carbocycles. The highest BCUT2D eigenvalue weighted by molar-refractivity contribution is 7.98. The van der Waals surface area contributed by atoms with Gasteiger partial charge < -0.3 is 10.8 Å². The van der Waals surface area contributed by atoms with Crippen LogP contribution in [-0.2, 0) is 15.6 Å². The van der Waals surface area contributed by atoms with Gasteiger partial charge in [0, 0.05) is 22.3 Å². The van der Waals surface area contributed by atoms with Crippen molar-refractivity contribution in [1.29, 1.82) is 0 Å². The smallest absolute Gasteiger partial charge is 0.320 e. The average molecular weight is 279 g/mol. The number of aliphatic carboxylic acids is 1. The molecule has 0 aliphatic carbocycles. The fraction of sp³-hybridized carbons (Fsp3) is 0.545. The first-order valence-electron chi connectivity index (χ1n) is 5.03. The predicted molar refractivity (Wildman–Crippen MR) is 76.9 cm³/mol. The normalized spacial score (nSPS) is 11.2. The average Bonchev–Trinajstić information content (AvgIpc) is 2.27. The summed E-state index contributed by atoms with van der Waals surface area (Å²) in [5, 5.41) is 8.27. The molecule has 0 fully saturated rings. The van der Waals surface area contributed by atoms with E-state index in [-0.39, 0.29) is 0 Å². The molecule has 17 heavy (non-hydrogen) atoms. The van der Waals surface area contributed by atoms with Crippen molar-refractivity contribution in [2.24, 2.45) is 5.73 Å². The number of nitrogens with two attached hydrogens (primary N) is 1. The van der Waals surface area contributed by atoms with Gasteiger partial charge in [0.1, 0.15) is 6.04 Å². The van der Waals surface area contributed by atoms with Crippen LogP contribution in [-0.4, -0.2) is 44.8 Å². The van der Waals surface area contributed by atoms with Crippen LogP contribution < -0.4 is 5.73 Å². The first kappa shape index (κ1) is 18.8. The number of carbonyl (C=O) groups is 1. The summed E-state index contributed by atoms with van der Waals surface area (Å²) in [6.45, 7) is 6.91. The third-order valence-corrected chi connectivity index (χ3v) is 3.42. The minimum absolute atomic E-state index is 0.552. The summed E-state index contributed by atoms with van der Waals surface area (Å²) in [6, 6.07) is -0.683. The van der Waals surface area contributed by atoms with E-state index in [1.165, 1.54) is 0 Å². The second kappa shape index (κ2) is 13.5. The van der Waals surface area contributed by atoms with Crippen LogP contribution in [0.4, 0.5) is 0 Å². The van der Waals surface area contributed by atoms with Crippen LogP contribution in [0.3, 0.4) is 0 Å². The van der Waals surface area contributed by atoms with Crippen molar-refractivity contribution in [3.05, 3.63) is 25.3 Å². The minimum Gasteiger partial charge on any atom is -0.480 e. The molecule has 0 aliphatic rings. The Morgan fingerprint density at radius 1 is 1.47 bits per heavy atom. The summed E-state index contributed by atoms with van der Waals surface area (Å²) in [5.74, 6) is 1.05. The third-order valence-electron chi connectivity index (χ3n) is 1.56. The van der Waals surface area contributed by atoms with Gasteiger partial charge in [0.2, 0.25) is 0 Å². The van der Waals surface area contributed by atoms with E-state index >= 15 is 0 Å². The standard InChI is InChI=1S/C6H10OS.C5H11NO2S/c1-3-5-8(7)6-4-2;1-9-3-2-4(6)5(7)8/h3-4H,1-2,5-6H2;4H,2-3,6H2,1H3,(H,7,8)/t;4-/m.0/s1. The molecule has 0 amide bonds. The summed E-state index contributed by atoms with van der Waals surface area (Å²) >= 11 is 1.60. The number of hydrogen-bond donors (Lipinski definition) is 2. The van der Waals surface area contributed by atoms with E-state index in [2.05, 4.69) is 13.2 Å². The molecule has 4 nitrogen and oxygen atoms in total. The molecule has 0 radical (unpaired) electrons. The molecule has 6 heteroatoms. The Morgan fingerprint density at radius 3 is 2.24 bits per heavy atom. The van der Waals surface area contributed by atoms with E-state index in [0.717, 1.165) is 5.75 Å². The molecule has 100 valence electrons. The monoisotopic (exact) mass is 279 g/mol. The zero-order chi connectivity index (χ0) is 13.7. The lowest BCUT2D eigenvalue weighted by Gasteiger charge is -2.02. The topological polar surface area (TPSA) is 80.4 Å². The molecule has 0 aromatic rings. The van der Waals surface area contributed by atoms with Gasteiger partial charge in [-0.3, -0.25) is 9.00 Å². The quantitative estimate of drug-likeness (QED) is 0.654. The van der Waals surface area contributed by atoms with Crippen LogP contribution >= 0.6 is 11.8 Å². The van der Waals surface area contributed by atoms with E-state index in [9.17, 15) is 9.00 Å². The van der Waals surface area contributed by atoms with Gasteiger partial charge in [0.15, 0.2) is 0 Å². The van der Waals surface area contributed by atoms with Crippen molar-refractivity contribution >= 4 is 28.5 Å². The Balaban J connectivity index is 0. The van der Waals surface area contributed by atoms with Crippen LogP contribution in [0, 0.1) is 0 Å². The maximum Gasteiger partial charge on any atom is 0.320 e. The Bertz CT molecular complexity index is 245. The maximum atomic E-state index is 10.6. The van der Waals surface area contributed by atoms with Crippen molar-refractivity contribution in [3.63, 3.8) is 0 Å². The summed E-state index contributed by atoms with van der Waals surface area (Å²) in [4.78, 5) is 10.1. The summed E-state index contributed by atoms with van der Waals surface area (Å²) < 4.78 is 10.6. The first-order valence-corrected chi connectivity index (χ1v) is 7.91. The summed E-state index contributed by atoms with van der Waals surface area (Å²) in [6.07, 6.45) is 5.78. The fourth-order valence-corrected chi connectivity index (χ4v) is 1.85. The van der Waals surface area contributed by atoms with Crippen LogP contribution in [0.2, 0.25) is 0 Å². The molecule has 3 N–H and O–H groups in total. The maximum absolute atomic E-state index is 10.6. The van der Waals surface area contributed by atoms with Crippen molar-refractivity contribution in [1.82, 2.24) is 0 Å². The number of rotatable bonds is 8. The number of carboxylic acids is 1. The molecule has 0 saturated heterocycles. The van der Waals surface area contributed by atoms with Crippen LogP contribution in [0.15, 0.2) is 25.3 Å². The van der Waals surface area contributed by atoms with E-state index in [4.69, 9.17) is 10.8 Å². The van der Waals surface area contributed by atoms with E-state index < -0.39 is 22.8 Å². The molecule has 0 aromatic heterocycles. The zero-order valence-electron chi connectivity index (χ0n) is 10.1. The van der Waals surface area contributed by atoms with Crippen molar-refractivity contribution in [3.8, 4) is 0 Å². The number of carboxylic acid groups (broad SMARTS) is 1. The highest BCUT2D eigenvalue weighted by atomic mass is 32.2. The van der Waals surface area contributed by atoms with Crippen LogP contribution in [0.1, 0.15) is 6.42 Å². The first-order chi connectivity index (χ1) is 7.99. The van der Waals surface area contributed by atoms with E-state index in [1.54, 1.807) is 23.9 Å². The van der Waals surface area contributed by atoms with Gasteiger partial charge in [-0.05, 0) is 18.4 Å². The zero-order valence-corrected chi connectivity index (χ0v) is 11.8. The largest absolute Gasteiger partial charge is 0.480 e. The molecular weight excluding hydrogens is 258 g/mol.